The monoisotopic (exact) mass is 469 g/mol. The fourth-order valence-electron chi connectivity index (χ4n) is 3.52. The van der Waals surface area contributed by atoms with E-state index < -0.39 is 0 Å². The van der Waals surface area contributed by atoms with E-state index in [0.29, 0.717) is 11.3 Å². The smallest absolute Gasteiger partial charge is 0.271 e. The van der Waals surface area contributed by atoms with Crippen LogP contribution in [0, 0.1) is 6.92 Å². The molecule has 1 aromatic heterocycles. The number of aryl methyl sites for hydroxylation is 2. The Bertz CT molecular complexity index is 1300. The van der Waals surface area contributed by atoms with Gasteiger partial charge in [0.2, 0.25) is 0 Å². The molecule has 5 nitrogen and oxygen atoms in total. The number of rotatable bonds is 8. The third-order valence-corrected chi connectivity index (χ3v) is 6.41. The predicted molar refractivity (Wildman–Crippen MR) is 137 cm³/mol. The Kier molecular flexibility index (Phi) is 7.60. The molecule has 0 spiro atoms. The van der Waals surface area contributed by atoms with Gasteiger partial charge >= 0.3 is 0 Å². The minimum atomic E-state index is -0.222. The molecule has 0 saturated carbocycles. The molecule has 172 valence electrons. The van der Waals surface area contributed by atoms with Crippen LogP contribution in [0.25, 0.3) is 5.69 Å². The molecular weight excluding hydrogens is 442 g/mol. The molecule has 0 fully saturated rings. The lowest BCUT2D eigenvalue weighted by Crippen LogP contribution is -2.32. The summed E-state index contributed by atoms with van der Waals surface area (Å²) in [5, 5.41) is 8.27. The van der Waals surface area contributed by atoms with E-state index in [-0.39, 0.29) is 17.5 Å². The first-order valence-corrected chi connectivity index (χ1v) is 12.1. The highest BCUT2D eigenvalue weighted by Crippen LogP contribution is 2.25. The predicted octanol–water partition coefficient (Wildman–Crippen LogP) is 5.44. The Hall–Kier alpha value is -3.64. The molecule has 0 bridgehead atoms. The zero-order chi connectivity index (χ0) is 23.9. The molecule has 0 aliphatic carbocycles. The Balaban J connectivity index is 1.41. The van der Waals surface area contributed by atoms with Crippen LogP contribution in [0.2, 0.25) is 0 Å². The van der Waals surface area contributed by atoms with E-state index in [1.807, 2.05) is 56.3 Å². The van der Waals surface area contributed by atoms with Crippen LogP contribution in [0.15, 0.2) is 106 Å². The SMILES string of the molecule is Cc1ccc(Sc2ccc(=O)n(-c3ccc(C(=O)NC(C)CCc4ccccc4)cc3)n2)cc1. The zero-order valence-electron chi connectivity index (χ0n) is 19.3. The number of amides is 1. The summed E-state index contributed by atoms with van der Waals surface area (Å²) in [4.78, 5) is 26.2. The number of hydrogen-bond acceptors (Lipinski definition) is 4. The first-order valence-electron chi connectivity index (χ1n) is 11.3. The molecule has 1 N–H and O–H groups in total. The quantitative estimate of drug-likeness (QED) is 0.373. The van der Waals surface area contributed by atoms with Crippen molar-refractivity contribution in [1.82, 2.24) is 15.1 Å². The largest absolute Gasteiger partial charge is 0.350 e. The Labute approximate surface area is 203 Å². The van der Waals surface area contributed by atoms with E-state index >= 15 is 0 Å². The van der Waals surface area contributed by atoms with Crippen LogP contribution in [0.4, 0.5) is 0 Å². The fraction of sp³-hybridized carbons (Fsp3) is 0.179. The Morgan fingerprint density at radius 1 is 0.941 bits per heavy atom. The standard InChI is InChI=1S/C28H27N3O2S/c1-20-8-16-25(17-9-20)34-26-18-19-27(32)31(30-26)24-14-12-23(13-15-24)28(33)29-21(2)10-11-22-6-4-3-5-7-22/h3-9,12-19,21H,10-11H2,1-2H3,(H,29,33). The second kappa shape index (κ2) is 11.0. The highest BCUT2D eigenvalue weighted by atomic mass is 32.2. The minimum absolute atomic E-state index is 0.0483. The van der Waals surface area contributed by atoms with Crippen LogP contribution in [0.1, 0.15) is 34.8 Å². The van der Waals surface area contributed by atoms with Gasteiger partial charge in [0.05, 0.1) is 5.69 Å². The first-order chi connectivity index (χ1) is 16.5. The van der Waals surface area contributed by atoms with E-state index in [2.05, 4.69) is 22.5 Å². The van der Waals surface area contributed by atoms with Crippen molar-refractivity contribution < 1.29 is 4.79 Å². The van der Waals surface area contributed by atoms with Crippen LogP contribution in [0.3, 0.4) is 0 Å². The van der Waals surface area contributed by atoms with Crippen molar-refractivity contribution in [1.29, 1.82) is 0 Å². The lowest BCUT2D eigenvalue weighted by atomic mass is 10.1. The third kappa shape index (κ3) is 6.23. The van der Waals surface area contributed by atoms with E-state index in [0.717, 1.165) is 22.8 Å². The molecule has 34 heavy (non-hydrogen) atoms. The molecule has 6 heteroatoms. The highest BCUT2D eigenvalue weighted by Gasteiger charge is 2.11. The van der Waals surface area contributed by atoms with E-state index in [9.17, 15) is 9.59 Å². The average molecular weight is 470 g/mol. The van der Waals surface area contributed by atoms with Gasteiger partial charge in [-0.15, -0.1) is 0 Å². The maximum absolute atomic E-state index is 12.7. The van der Waals surface area contributed by atoms with Crippen molar-refractivity contribution in [3.8, 4) is 5.69 Å². The second-order valence-corrected chi connectivity index (χ2v) is 9.38. The molecule has 1 unspecified atom stereocenters. The van der Waals surface area contributed by atoms with Crippen LogP contribution >= 0.6 is 11.8 Å². The number of nitrogens with zero attached hydrogens (tertiary/aromatic N) is 2. The van der Waals surface area contributed by atoms with Crippen LogP contribution in [-0.2, 0) is 6.42 Å². The maximum Gasteiger partial charge on any atom is 0.271 e. The van der Waals surface area contributed by atoms with E-state index in [1.54, 1.807) is 30.3 Å². The van der Waals surface area contributed by atoms with Crippen molar-refractivity contribution in [3.63, 3.8) is 0 Å². The molecule has 0 saturated heterocycles. The van der Waals surface area contributed by atoms with Crippen molar-refractivity contribution in [2.45, 2.75) is 42.7 Å². The molecule has 1 heterocycles. The summed E-state index contributed by atoms with van der Waals surface area (Å²) in [6.07, 6.45) is 1.77. The van der Waals surface area contributed by atoms with Crippen molar-refractivity contribution in [2.75, 3.05) is 0 Å². The van der Waals surface area contributed by atoms with Gasteiger partial charge in [0.15, 0.2) is 0 Å². The number of nitrogens with one attached hydrogen (secondary N) is 1. The molecule has 0 radical (unpaired) electrons. The van der Waals surface area contributed by atoms with Crippen molar-refractivity contribution >= 4 is 17.7 Å². The maximum atomic E-state index is 12.7. The van der Waals surface area contributed by atoms with E-state index in [4.69, 9.17) is 0 Å². The molecule has 4 rings (SSSR count). The van der Waals surface area contributed by atoms with Crippen LogP contribution in [-0.4, -0.2) is 21.7 Å². The summed E-state index contributed by atoms with van der Waals surface area (Å²) in [5.74, 6) is -0.129. The van der Waals surface area contributed by atoms with Gasteiger partial charge < -0.3 is 5.32 Å². The Morgan fingerprint density at radius 2 is 1.65 bits per heavy atom. The van der Waals surface area contributed by atoms with Gasteiger partial charge in [-0.2, -0.15) is 9.78 Å². The lowest BCUT2D eigenvalue weighted by molar-refractivity contribution is 0.0938. The van der Waals surface area contributed by atoms with Crippen LogP contribution in [0.5, 0.6) is 0 Å². The van der Waals surface area contributed by atoms with Gasteiger partial charge in [-0.1, -0.05) is 59.8 Å². The normalized spacial score (nSPS) is 11.7. The Morgan fingerprint density at radius 3 is 2.35 bits per heavy atom. The summed E-state index contributed by atoms with van der Waals surface area (Å²) in [5.41, 5.74) is 3.39. The molecule has 3 aromatic carbocycles. The molecule has 0 aliphatic rings. The summed E-state index contributed by atoms with van der Waals surface area (Å²) in [6, 6.07) is 28.6. The summed E-state index contributed by atoms with van der Waals surface area (Å²) >= 11 is 1.50. The number of carbonyl (C=O) groups excluding carboxylic acids is 1. The highest BCUT2D eigenvalue weighted by molar-refractivity contribution is 7.99. The number of benzene rings is 3. The van der Waals surface area contributed by atoms with Crippen molar-refractivity contribution in [2.24, 2.45) is 0 Å². The zero-order valence-corrected chi connectivity index (χ0v) is 20.1. The number of carbonyl (C=O) groups is 1. The molecule has 0 aliphatic heterocycles. The van der Waals surface area contributed by atoms with Gasteiger partial charge in [-0.3, -0.25) is 9.59 Å². The second-order valence-electron chi connectivity index (χ2n) is 8.28. The first kappa shape index (κ1) is 23.5. The number of aromatic nitrogens is 2. The van der Waals surface area contributed by atoms with Gasteiger partial charge in [-0.05, 0) is 74.7 Å². The number of hydrogen-bond donors (Lipinski definition) is 1. The molecule has 1 amide bonds. The van der Waals surface area contributed by atoms with Crippen molar-refractivity contribution in [3.05, 3.63) is 118 Å². The third-order valence-electron chi connectivity index (χ3n) is 5.48. The van der Waals surface area contributed by atoms with E-state index in [1.165, 1.54) is 33.6 Å². The fourth-order valence-corrected chi connectivity index (χ4v) is 4.29. The van der Waals surface area contributed by atoms with Crippen LogP contribution < -0.4 is 10.9 Å². The average Bonchev–Trinajstić information content (AvgIpc) is 2.86. The van der Waals surface area contributed by atoms with Gasteiger partial charge in [0.25, 0.3) is 11.5 Å². The lowest BCUT2D eigenvalue weighted by Gasteiger charge is -2.14. The molecular formula is C28H27N3O2S. The summed E-state index contributed by atoms with van der Waals surface area (Å²) in [6.45, 7) is 4.05. The summed E-state index contributed by atoms with van der Waals surface area (Å²) in [7, 11) is 0. The minimum Gasteiger partial charge on any atom is -0.350 e. The van der Waals surface area contributed by atoms with Gasteiger partial charge in [0.1, 0.15) is 5.03 Å². The molecule has 4 aromatic rings. The van der Waals surface area contributed by atoms with Gasteiger partial charge in [0, 0.05) is 22.6 Å². The molecule has 1 atom stereocenters. The topological polar surface area (TPSA) is 64.0 Å². The summed E-state index contributed by atoms with van der Waals surface area (Å²) < 4.78 is 1.36. The van der Waals surface area contributed by atoms with Gasteiger partial charge in [-0.25, -0.2) is 0 Å².